The number of halogens is 1. The van der Waals surface area contributed by atoms with Crippen molar-refractivity contribution in [2.24, 2.45) is 0 Å². The van der Waals surface area contributed by atoms with Crippen LogP contribution in [0.15, 0.2) is 45.1 Å². The summed E-state index contributed by atoms with van der Waals surface area (Å²) in [6.07, 6.45) is 0. The van der Waals surface area contributed by atoms with Crippen LogP contribution >= 0.6 is 27.3 Å². The number of rotatable bonds is 4. The largest absolute Gasteiger partial charge is 0.384 e. The van der Waals surface area contributed by atoms with E-state index in [0.717, 1.165) is 8.66 Å². The standard InChI is InChI=1S/C14H12BrNO3S2/c15-14-7-6-12(20-14)10-16-21(18,19)13-5-1-3-11(9-13)4-2-8-17/h1,3,5-7,9,16-17H,8,10H2. The molecular formula is C14H12BrNO3S2. The van der Waals surface area contributed by atoms with Crippen LogP contribution in [0, 0.1) is 11.8 Å². The molecule has 0 saturated heterocycles. The molecule has 21 heavy (non-hydrogen) atoms. The van der Waals surface area contributed by atoms with E-state index in [0.29, 0.717) is 5.56 Å². The normalized spacial score (nSPS) is 11.0. The Labute approximate surface area is 136 Å². The first-order valence-electron chi connectivity index (χ1n) is 5.95. The molecule has 7 heteroatoms. The Hall–Kier alpha value is -1.17. The van der Waals surface area contributed by atoms with E-state index in [-0.39, 0.29) is 18.0 Å². The van der Waals surface area contributed by atoms with Gasteiger partial charge in [-0.25, -0.2) is 13.1 Å². The maximum Gasteiger partial charge on any atom is 0.240 e. The maximum absolute atomic E-state index is 12.2. The predicted octanol–water partition coefficient (Wildman–Crippen LogP) is 2.33. The molecule has 2 N–H and O–H groups in total. The molecule has 0 unspecified atom stereocenters. The lowest BCUT2D eigenvalue weighted by atomic mass is 10.2. The Morgan fingerprint density at radius 2 is 2.10 bits per heavy atom. The Bertz CT molecular complexity index is 788. The first-order chi connectivity index (χ1) is 10.0. The van der Waals surface area contributed by atoms with E-state index in [1.54, 1.807) is 12.1 Å². The van der Waals surface area contributed by atoms with Gasteiger partial charge < -0.3 is 5.11 Å². The van der Waals surface area contributed by atoms with Crippen molar-refractivity contribution in [1.29, 1.82) is 0 Å². The van der Waals surface area contributed by atoms with Gasteiger partial charge in [-0.1, -0.05) is 17.9 Å². The number of aliphatic hydroxyl groups excluding tert-OH is 1. The number of sulfonamides is 1. The van der Waals surface area contributed by atoms with E-state index < -0.39 is 10.0 Å². The van der Waals surface area contributed by atoms with Crippen molar-refractivity contribution in [2.45, 2.75) is 11.4 Å². The molecule has 1 heterocycles. The summed E-state index contributed by atoms with van der Waals surface area (Å²) in [7, 11) is -3.59. The topological polar surface area (TPSA) is 66.4 Å². The first-order valence-corrected chi connectivity index (χ1v) is 9.04. The molecule has 0 aliphatic heterocycles. The van der Waals surface area contributed by atoms with E-state index in [1.165, 1.54) is 23.5 Å². The number of hydrogen-bond donors (Lipinski definition) is 2. The molecule has 0 saturated carbocycles. The van der Waals surface area contributed by atoms with Gasteiger partial charge >= 0.3 is 0 Å². The predicted molar refractivity (Wildman–Crippen MR) is 86.5 cm³/mol. The van der Waals surface area contributed by atoms with E-state index >= 15 is 0 Å². The number of benzene rings is 1. The first kappa shape index (κ1) is 16.2. The van der Waals surface area contributed by atoms with Crippen LogP contribution in [0.1, 0.15) is 10.4 Å². The van der Waals surface area contributed by atoms with Crippen LogP contribution in [0.25, 0.3) is 0 Å². The van der Waals surface area contributed by atoms with Crippen LogP contribution < -0.4 is 4.72 Å². The Morgan fingerprint density at radius 3 is 2.76 bits per heavy atom. The van der Waals surface area contributed by atoms with Crippen molar-refractivity contribution in [2.75, 3.05) is 6.61 Å². The summed E-state index contributed by atoms with van der Waals surface area (Å²) in [5.74, 6) is 5.18. The van der Waals surface area contributed by atoms with Crippen LogP contribution in [0.4, 0.5) is 0 Å². The van der Waals surface area contributed by atoms with Crippen LogP contribution in [0.3, 0.4) is 0 Å². The molecule has 0 atom stereocenters. The fraction of sp³-hybridized carbons (Fsp3) is 0.143. The van der Waals surface area contributed by atoms with Crippen molar-refractivity contribution >= 4 is 37.3 Å². The minimum absolute atomic E-state index is 0.155. The Balaban J connectivity index is 2.15. The zero-order valence-corrected chi connectivity index (χ0v) is 14.1. The summed E-state index contributed by atoms with van der Waals surface area (Å²) in [6, 6.07) is 10.0. The van der Waals surface area contributed by atoms with Crippen LogP contribution in [-0.4, -0.2) is 20.1 Å². The summed E-state index contributed by atoms with van der Waals surface area (Å²) >= 11 is 4.81. The van der Waals surface area contributed by atoms with E-state index in [4.69, 9.17) is 5.11 Å². The molecule has 0 bridgehead atoms. The monoisotopic (exact) mass is 385 g/mol. The molecular weight excluding hydrogens is 374 g/mol. The molecule has 110 valence electrons. The van der Waals surface area contributed by atoms with Crippen molar-refractivity contribution in [3.05, 3.63) is 50.6 Å². The quantitative estimate of drug-likeness (QED) is 0.793. The highest BCUT2D eigenvalue weighted by Gasteiger charge is 2.14. The molecule has 1 aromatic heterocycles. The second-order valence-electron chi connectivity index (χ2n) is 4.02. The molecule has 4 nitrogen and oxygen atoms in total. The van der Waals surface area contributed by atoms with Crippen molar-refractivity contribution in [1.82, 2.24) is 4.72 Å². The number of aliphatic hydroxyl groups is 1. The summed E-state index contributed by atoms with van der Waals surface area (Å²) < 4.78 is 28.0. The average molecular weight is 386 g/mol. The fourth-order valence-corrected chi connectivity index (χ4v) is 4.15. The molecule has 2 aromatic rings. The van der Waals surface area contributed by atoms with Gasteiger partial charge in [0.25, 0.3) is 0 Å². The van der Waals surface area contributed by atoms with E-state index in [1.807, 2.05) is 12.1 Å². The third kappa shape index (κ3) is 4.66. The maximum atomic E-state index is 12.2. The summed E-state index contributed by atoms with van der Waals surface area (Å²) in [5.41, 5.74) is 0.547. The molecule has 0 aliphatic rings. The third-order valence-corrected chi connectivity index (χ3v) is 5.54. The molecule has 0 fully saturated rings. The van der Waals surface area contributed by atoms with Gasteiger partial charge in [0.05, 0.1) is 8.68 Å². The van der Waals surface area contributed by atoms with E-state index in [9.17, 15) is 8.42 Å². The Morgan fingerprint density at radius 1 is 1.29 bits per heavy atom. The van der Waals surface area contributed by atoms with Gasteiger partial charge in [-0.3, -0.25) is 0 Å². The zero-order chi connectivity index (χ0) is 15.3. The van der Waals surface area contributed by atoms with Gasteiger partial charge in [-0.2, -0.15) is 0 Å². The summed E-state index contributed by atoms with van der Waals surface area (Å²) in [6.45, 7) is -0.0202. The number of thiophene rings is 1. The highest BCUT2D eigenvalue weighted by atomic mass is 79.9. The molecule has 0 aliphatic carbocycles. The molecule has 0 radical (unpaired) electrons. The number of hydrogen-bond acceptors (Lipinski definition) is 4. The van der Waals surface area contributed by atoms with Gasteiger partial charge in [0.15, 0.2) is 0 Å². The minimum atomic E-state index is -3.59. The zero-order valence-electron chi connectivity index (χ0n) is 10.8. The minimum Gasteiger partial charge on any atom is -0.384 e. The summed E-state index contributed by atoms with van der Waals surface area (Å²) in [5, 5.41) is 8.66. The molecule has 0 amide bonds. The summed E-state index contributed by atoms with van der Waals surface area (Å²) in [4.78, 5) is 1.07. The average Bonchev–Trinajstić information content (AvgIpc) is 2.89. The highest BCUT2D eigenvalue weighted by Crippen LogP contribution is 2.22. The Kier molecular flexibility index (Phi) is 5.56. The lowest BCUT2D eigenvalue weighted by Crippen LogP contribution is -2.22. The van der Waals surface area contributed by atoms with Gasteiger partial charge in [0, 0.05) is 17.0 Å². The molecule has 2 rings (SSSR count). The van der Waals surface area contributed by atoms with Gasteiger partial charge in [0.2, 0.25) is 10.0 Å². The second-order valence-corrected chi connectivity index (χ2v) is 8.33. The third-order valence-electron chi connectivity index (χ3n) is 2.52. The highest BCUT2D eigenvalue weighted by molar-refractivity contribution is 9.11. The van der Waals surface area contributed by atoms with Gasteiger partial charge in [-0.15, -0.1) is 11.3 Å². The number of nitrogens with one attached hydrogen (secondary N) is 1. The molecule has 0 spiro atoms. The van der Waals surface area contributed by atoms with Crippen LogP contribution in [0.5, 0.6) is 0 Å². The SMILES string of the molecule is O=S(=O)(NCc1ccc(Br)s1)c1cccc(C#CCO)c1. The second kappa shape index (κ2) is 7.20. The van der Waals surface area contributed by atoms with E-state index in [2.05, 4.69) is 32.5 Å². The van der Waals surface area contributed by atoms with Crippen LogP contribution in [0.2, 0.25) is 0 Å². The van der Waals surface area contributed by atoms with Gasteiger partial charge in [-0.05, 0) is 46.3 Å². The van der Waals surface area contributed by atoms with Gasteiger partial charge in [0.1, 0.15) is 6.61 Å². The molecule has 1 aromatic carbocycles. The van der Waals surface area contributed by atoms with Crippen LogP contribution in [-0.2, 0) is 16.6 Å². The lowest BCUT2D eigenvalue weighted by Gasteiger charge is -2.06. The van der Waals surface area contributed by atoms with Crippen molar-refractivity contribution in [3.63, 3.8) is 0 Å². The fourth-order valence-electron chi connectivity index (χ4n) is 1.58. The smallest absolute Gasteiger partial charge is 0.240 e. The van der Waals surface area contributed by atoms with Crippen molar-refractivity contribution in [3.8, 4) is 11.8 Å². The lowest BCUT2D eigenvalue weighted by molar-refractivity contribution is 0.350. The van der Waals surface area contributed by atoms with Crippen molar-refractivity contribution < 1.29 is 13.5 Å².